The number of nitrogens with zero attached hydrogens (tertiary/aromatic N) is 3. The molecule has 27 heavy (non-hydrogen) atoms. The fraction of sp³-hybridized carbons (Fsp3) is 0.0500. The molecule has 4 aromatic rings. The predicted octanol–water partition coefficient (Wildman–Crippen LogP) is 4.15. The van der Waals surface area contributed by atoms with Crippen molar-refractivity contribution < 1.29 is 4.79 Å². The summed E-state index contributed by atoms with van der Waals surface area (Å²) in [6.07, 6.45) is 0. The highest BCUT2D eigenvalue weighted by Crippen LogP contribution is 2.28. The van der Waals surface area contributed by atoms with Gasteiger partial charge in [0.25, 0.3) is 5.91 Å². The molecule has 0 saturated carbocycles. The highest BCUT2D eigenvalue weighted by Gasteiger charge is 2.11. The van der Waals surface area contributed by atoms with Crippen LogP contribution in [0.25, 0.3) is 16.9 Å². The Morgan fingerprint density at radius 2 is 1.78 bits per heavy atom. The van der Waals surface area contributed by atoms with Crippen LogP contribution in [0, 0.1) is 0 Å². The van der Waals surface area contributed by atoms with Gasteiger partial charge >= 0.3 is 0 Å². The third-order valence-corrected chi connectivity index (χ3v) is 4.47. The minimum Gasteiger partial charge on any atom is -0.355 e. The maximum atomic E-state index is 11.6. The summed E-state index contributed by atoms with van der Waals surface area (Å²) >= 11 is 6.34. The zero-order valence-electron chi connectivity index (χ0n) is 14.5. The molecule has 2 aromatic carbocycles. The van der Waals surface area contributed by atoms with Gasteiger partial charge in [0.1, 0.15) is 0 Å². The Balaban J connectivity index is 1.67. The van der Waals surface area contributed by atoms with Crippen molar-refractivity contribution in [3.05, 3.63) is 77.3 Å². The molecular formula is C20H16ClN5O. The first-order valence-electron chi connectivity index (χ1n) is 8.35. The average Bonchev–Trinajstić information content (AvgIpc) is 3.11. The van der Waals surface area contributed by atoms with Crippen LogP contribution in [0.5, 0.6) is 0 Å². The van der Waals surface area contributed by atoms with Crippen molar-refractivity contribution in [2.45, 2.75) is 0 Å². The van der Waals surface area contributed by atoms with Crippen molar-refractivity contribution in [1.82, 2.24) is 19.9 Å². The molecule has 0 aliphatic carbocycles. The molecule has 6 nitrogen and oxygen atoms in total. The molecule has 0 spiro atoms. The first-order valence-corrected chi connectivity index (χ1v) is 8.73. The largest absolute Gasteiger partial charge is 0.355 e. The second-order valence-electron chi connectivity index (χ2n) is 5.88. The smallest absolute Gasteiger partial charge is 0.251 e. The normalized spacial score (nSPS) is 10.7. The molecule has 0 aliphatic rings. The van der Waals surface area contributed by atoms with Crippen LogP contribution >= 0.6 is 11.6 Å². The molecule has 7 heteroatoms. The molecule has 4 rings (SSSR count). The molecular weight excluding hydrogens is 362 g/mol. The number of pyridine rings is 1. The summed E-state index contributed by atoms with van der Waals surface area (Å²) < 4.78 is 1.75. The van der Waals surface area contributed by atoms with E-state index >= 15 is 0 Å². The number of anilines is 2. The summed E-state index contributed by atoms with van der Waals surface area (Å²) in [5, 5.41) is 11.0. The van der Waals surface area contributed by atoms with Gasteiger partial charge in [-0.1, -0.05) is 35.9 Å². The first kappa shape index (κ1) is 17.1. The van der Waals surface area contributed by atoms with E-state index in [0.29, 0.717) is 22.2 Å². The SMILES string of the molecule is CNC(=O)c1ccc(Nc2nc3cccc(-c4ccccc4Cl)n3n2)cc1. The number of carbonyl (C=O) groups is 1. The average molecular weight is 378 g/mol. The maximum absolute atomic E-state index is 11.6. The molecule has 0 radical (unpaired) electrons. The number of amides is 1. The van der Waals surface area contributed by atoms with Crippen LogP contribution in [0.4, 0.5) is 11.6 Å². The molecule has 134 valence electrons. The number of rotatable bonds is 4. The first-order chi connectivity index (χ1) is 13.2. The highest BCUT2D eigenvalue weighted by atomic mass is 35.5. The Hall–Kier alpha value is -3.38. The van der Waals surface area contributed by atoms with E-state index in [2.05, 4.69) is 20.7 Å². The lowest BCUT2D eigenvalue weighted by molar-refractivity contribution is 0.0963. The molecule has 2 N–H and O–H groups in total. The number of nitrogens with one attached hydrogen (secondary N) is 2. The van der Waals surface area contributed by atoms with E-state index in [9.17, 15) is 4.79 Å². The van der Waals surface area contributed by atoms with E-state index in [1.165, 1.54) is 0 Å². The number of hydrogen-bond acceptors (Lipinski definition) is 4. The van der Waals surface area contributed by atoms with Crippen LogP contribution < -0.4 is 10.6 Å². The van der Waals surface area contributed by atoms with Gasteiger partial charge in [0.05, 0.1) is 5.69 Å². The third kappa shape index (κ3) is 3.35. The van der Waals surface area contributed by atoms with E-state index in [4.69, 9.17) is 11.6 Å². The summed E-state index contributed by atoms with van der Waals surface area (Å²) in [5.74, 6) is 0.332. The quantitative estimate of drug-likeness (QED) is 0.560. The number of fused-ring (bicyclic) bond motifs is 1. The Labute approximate surface area is 160 Å². The van der Waals surface area contributed by atoms with E-state index in [1.807, 2.05) is 54.6 Å². The van der Waals surface area contributed by atoms with Gasteiger partial charge in [0.2, 0.25) is 5.95 Å². The summed E-state index contributed by atoms with van der Waals surface area (Å²) in [6.45, 7) is 0. The third-order valence-electron chi connectivity index (χ3n) is 4.14. The molecule has 0 atom stereocenters. The van der Waals surface area contributed by atoms with Gasteiger partial charge < -0.3 is 10.6 Å². The van der Waals surface area contributed by atoms with Crippen LogP contribution in [-0.2, 0) is 0 Å². The summed E-state index contributed by atoms with van der Waals surface area (Å²) in [4.78, 5) is 16.1. The fourth-order valence-electron chi connectivity index (χ4n) is 2.81. The Kier molecular flexibility index (Phi) is 4.48. The van der Waals surface area contributed by atoms with Crippen molar-refractivity contribution >= 4 is 34.8 Å². The topological polar surface area (TPSA) is 71.3 Å². The van der Waals surface area contributed by atoms with Crippen molar-refractivity contribution in [2.24, 2.45) is 0 Å². The number of carbonyl (C=O) groups excluding carboxylic acids is 1. The van der Waals surface area contributed by atoms with E-state index < -0.39 is 0 Å². The van der Waals surface area contributed by atoms with Gasteiger partial charge in [-0.2, -0.15) is 4.98 Å². The standard InChI is InChI=1S/C20H16ClN5O/c1-22-19(27)13-9-11-14(12-10-13)23-20-24-18-8-4-7-17(26(18)25-20)15-5-2-3-6-16(15)21/h2-12H,1H3,(H,22,27)(H,23,25). The van der Waals surface area contributed by atoms with Crippen LogP contribution in [-0.4, -0.2) is 27.6 Å². The van der Waals surface area contributed by atoms with Crippen molar-refractivity contribution in [3.8, 4) is 11.3 Å². The molecule has 1 amide bonds. The van der Waals surface area contributed by atoms with Gasteiger partial charge in [-0.15, -0.1) is 5.10 Å². The van der Waals surface area contributed by atoms with Gasteiger partial charge in [0, 0.05) is 28.9 Å². The zero-order chi connectivity index (χ0) is 18.8. The van der Waals surface area contributed by atoms with E-state index in [-0.39, 0.29) is 5.91 Å². The van der Waals surface area contributed by atoms with Crippen LogP contribution in [0.3, 0.4) is 0 Å². The summed E-state index contributed by atoms with van der Waals surface area (Å²) in [5.41, 5.74) is 3.83. The van der Waals surface area contributed by atoms with Crippen LogP contribution in [0.15, 0.2) is 66.7 Å². The molecule has 0 aliphatic heterocycles. The minimum absolute atomic E-state index is 0.128. The van der Waals surface area contributed by atoms with Crippen LogP contribution in [0.2, 0.25) is 5.02 Å². The molecule has 0 bridgehead atoms. The van der Waals surface area contributed by atoms with E-state index in [1.54, 1.807) is 23.7 Å². The fourth-order valence-corrected chi connectivity index (χ4v) is 3.04. The van der Waals surface area contributed by atoms with Gasteiger partial charge in [-0.05, 0) is 42.5 Å². The van der Waals surface area contributed by atoms with Gasteiger partial charge in [0.15, 0.2) is 5.65 Å². The molecule has 0 unspecified atom stereocenters. The molecule has 0 saturated heterocycles. The predicted molar refractivity (Wildman–Crippen MR) is 107 cm³/mol. The summed E-state index contributed by atoms with van der Waals surface area (Å²) in [6, 6.07) is 20.5. The Morgan fingerprint density at radius 3 is 2.52 bits per heavy atom. The Bertz CT molecular complexity index is 1120. The number of benzene rings is 2. The van der Waals surface area contributed by atoms with Gasteiger partial charge in [-0.3, -0.25) is 4.79 Å². The minimum atomic E-state index is -0.128. The Morgan fingerprint density at radius 1 is 1.00 bits per heavy atom. The lowest BCUT2D eigenvalue weighted by Crippen LogP contribution is -2.17. The molecule has 0 fully saturated rings. The highest BCUT2D eigenvalue weighted by molar-refractivity contribution is 6.33. The van der Waals surface area contributed by atoms with Crippen LogP contribution in [0.1, 0.15) is 10.4 Å². The maximum Gasteiger partial charge on any atom is 0.251 e. The van der Waals surface area contributed by atoms with E-state index in [0.717, 1.165) is 16.9 Å². The van der Waals surface area contributed by atoms with Gasteiger partial charge in [-0.25, -0.2) is 4.52 Å². The number of halogens is 1. The molecule has 2 heterocycles. The zero-order valence-corrected chi connectivity index (χ0v) is 15.2. The second-order valence-corrected chi connectivity index (χ2v) is 6.28. The van der Waals surface area contributed by atoms with Crippen molar-refractivity contribution in [2.75, 3.05) is 12.4 Å². The van der Waals surface area contributed by atoms with Crippen molar-refractivity contribution in [1.29, 1.82) is 0 Å². The summed E-state index contributed by atoms with van der Waals surface area (Å²) in [7, 11) is 1.60. The lowest BCUT2D eigenvalue weighted by Gasteiger charge is -2.06. The monoisotopic (exact) mass is 377 g/mol. The lowest BCUT2D eigenvalue weighted by atomic mass is 10.1. The molecule has 2 aromatic heterocycles. The number of hydrogen-bond donors (Lipinski definition) is 2. The number of aromatic nitrogens is 3. The second kappa shape index (κ2) is 7.09. The van der Waals surface area contributed by atoms with Crippen molar-refractivity contribution in [3.63, 3.8) is 0 Å².